The highest BCUT2D eigenvalue weighted by Crippen LogP contribution is 2.30. The third-order valence-electron chi connectivity index (χ3n) is 4.97. The first-order chi connectivity index (χ1) is 15.0. The van der Waals surface area contributed by atoms with Gasteiger partial charge in [-0.25, -0.2) is 13.8 Å². The van der Waals surface area contributed by atoms with Gasteiger partial charge in [0, 0.05) is 37.1 Å². The average molecular weight is 418 g/mol. The zero-order valence-electron chi connectivity index (χ0n) is 16.8. The number of anilines is 1. The molecule has 2 heterocycles. The molecule has 0 bridgehead atoms. The van der Waals surface area contributed by atoms with E-state index in [-0.39, 0.29) is 22.5 Å². The van der Waals surface area contributed by atoms with Gasteiger partial charge >= 0.3 is 0 Å². The summed E-state index contributed by atoms with van der Waals surface area (Å²) in [6.45, 7) is 0.443. The highest BCUT2D eigenvalue weighted by atomic mass is 19.1. The molecule has 0 aliphatic rings. The number of hydrogen-bond acceptors (Lipinski definition) is 4. The third kappa shape index (κ3) is 4.35. The van der Waals surface area contributed by atoms with E-state index in [1.165, 1.54) is 22.8 Å². The summed E-state index contributed by atoms with van der Waals surface area (Å²) in [5.41, 5.74) is 1.84. The SMILES string of the molecule is Cn1c(NCCc2cccc(F)c2)nc(-c2ccncc2)c(-c2ccccc2F)c1=O. The molecule has 4 aromatic rings. The van der Waals surface area contributed by atoms with Gasteiger partial charge in [0.15, 0.2) is 0 Å². The van der Waals surface area contributed by atoms with Gasteiger partial charge in [0.05, 0.1) is 11.3 Å². The Morgan fingerprint density at radius 3 is 2.52 bits per heavy atom. The summed E-state index contributed by atoms with van der Waals surface area (Å²) >= 11 is 0. The molecule has 31 heavy (non-hydrogen) atoms. The second-order valence-electron chi connectivity index (χ2n) is 7.05. The second-order valence-corrected chi connectivity index (χ2v) is 7.05. The van der Waals surface area contributed by atoms with Crippen molar-refractivity contribution < 1.29 is 8.78 Å². The number of benzene rings is 2. The van der Waals surface area contributed by atoms with Crippen LogP contribution >= 0.6 is 0 Å². The van der Waals surface area contributed by atoms with Crippen LogP contribution in [0.3, 0.4) is 0 Å². The van der Waals surface area contributed by atoms with Crippen LogP contribution in [0.25, 0.3) is 22.4 Å². The molecule has 2 aromatic carbocycles. The zero-order chi connectivity index (χ0) is 21.8. The maximum absolute atomic E-state index is 14.6. The Kier molecular flexibility index (Phi) is 5.84. The molecule has 0 fully saturated rings. The lowest BCUT2D eigenvalue weighted by Gasteiger charge is -2.16. The lowest BCUT2D eigenvalue weighted by Crippen LogP contribution is -2.25. The molecule has 0 aliphatic heterocycles. The molecule has 156 valence electrons. The van der Waals surface area contributed by atoms with Gasteiger partial charge in [-0.2, -0.15) is 0 Å². The summed E-state index contributed by atoms with van der Waals surface area (Å²) in [6.07, 6.45) is 3.74. The first-order valence-corrected chi connectivity index (χ1v) is 9.79. The van der Waals surface area contributed by atoms with Crippen molar-refractivity contribution in [1.82, 2.24) is 14.5 Å². The fraction of sp³-hybridized carbons (Fsp3) is 0.125. The van der Waals surface area contributed by atoms with Crippen LogP contribution in [0.5, 0.6) is 0 Å². The van der Waals surface area contributed by atoms with Gasteiger partial charge in [-0.1, -0.05) is 30.3 Å². The van der Waals surface area contributed by atoms with Crippen molar-refractivity contribution in [3.8, 4) is 22.4 Å². The summed E-state index contributed by atoms with van der Waals surface area (Å²) in [5, 5.41) is 3.15. The highest BCUT2D eigenvalue weighted by molar-refractivity contribution is 5.81. The van der Waals surface area contributed by atoms with Crippen LogP contribution in [-0.2, 0) is 13.5 Å². The standard InChI is InChI=1S/C24H20F2N4O/c1-30-23(31)21(19-7-2-3-8-20(19)26)22(17-10-12-27-13-11-17)29-24(30)28-14-9-16-5-4-6-18(25)15-16/h2-8,10-13,15H,9,14H2,1H3,(H,28,29). The molecule has 7 heteroatoms. The van der Waals surface area contributed by atoms with Gasteiger partial charge in [0.25, 0.3) is 5.56 Å². The number of nitrogens with one attached hydrogen (secondary N) is 1. The summed E-state index contributed by atoms with van der Waals surface area (Å²) in [7, 11) is 1.58. The van der Waals surface area contributed by atoms with E-state index in [1.807, 2.05) is 6.07 Å². The first kappa shape index (κ1) is 20.4. The lowest BCUT2D eigenvalue weighted by atomic mass is 10.0. The molecule has 0 atom stereocenters. The molecule has 0 unspecified atom stereocenters. The van der Waals surface area contributed by atoms with E-state index in [1.54, 1.807) is 55.8 Å². The zero-order valence-corrected chi connectivity index (χ0v) is 16.8. The van der Waals surface area contributed by atoms with Crippen molar-refractivity contribution in [2.24, 2.45) is 7.05 Å². The topological polar surface area (TPSA) is 59.8 Å². The van der Waals surface area contributed by atoms with E-state index in [2.05, 4.69) is 15.3 Å². The van der Waals surface area contributed by atoms with Crippen LogP contribution < -0.4 is 10.9 Å². The number of halogens is 2. The van der Waals surface area contributed by atoms with Crippen molar-refractivity contribution in [1.29, 1.82) is 0 Å². The number of aromatic nitrogens is 3. The van der Waals surface area contributed by atoms with Crippen molar-refractivity contribution in [3.63, 3.8) is 0 Å². The normalized spacial score (nSPS) is 10.8. The van der Waals surface area contributed by atoms with Crippen molar-refractivity contribution in [2.75, 3.05) is 11.9 Å². The van der Waals surface area contributed by atoms with E-state index in [0.29, 0.717) is 30.2 Å². The van der Waals surface area contributed by atoms with Gasteiger partial charge in [0.2, 0.25) is 5.95 Å². The van der Waals surface area contributed by atoms with E-state index in [4.69, 9.17) is 0 Å². The van der Waals surface area contributed by atoms with Crippen molar-refractivity contribution >= 4 is 5.95 Å². The molecule has 0 aliphatic carbocycles. The second kappa shape index (κ2) is 8.87. The molecule has 2 aromatic heterocycles. The predicted molar refractivity (Wildman–Crippen MR) is 117 cm³/mol. The largest absolute Gasteiger partial charge is 0.355 e. The predicted octanol–water partition coefficient (Wildman–Crippen LogP) is 4.44. The van der Waals surface area contributed by atoms with Gasteiger partial charge in [-0.15, -0.1) is 0 Å². The monoisotopic (exact) mass is 418 g/mol. The molecule has 0 saturated heterocycles. The van der Waals surface area contributed by atoms with Crippen molar-refractivity contribution in [2.45, 2.75) is 6.42 Å². The fourth-order valence-electron chi connectivity index (χ4n) is 3.40. The number of hydrogen-bond donors (Lipinski definition) is 1. The summed E-state index contributed by atoms with van der Waals surface area (Å²) in [4.78, 5) is 21.9. The minimum atomic E-state index is -0.497. The number of pyridine rings is 1. The Balaban J connectivity index is 1.75. The van der Waals surface area contributed by atoms with E-state index < -0.39 is 5.82 Å². The molecule has 0 amide bonds. The maximum atomic E-state index is 14.6. The van der Waals surface area contributed by atoms with Crippen LogP contribution in [0, 0.1) is 11.6 Å². The van der Waals surface area contributed by atoms with Gasteiger partial charge < -0.3 is 5.32 Å². The summed E-state index contributed by atoms with van der Waals surface area (Å²) in [6, 6.07) is 15.9. The molecule has 1 N–H and O–H groups in total. The molecule has 0 spiro atoms. The Bertz CT molecular complexity index is 1270. The number of nitrogens with zero attached hydrogens (tertiary/aromatic N) is 3. The quantitative estimate of drug-likeness (QED) is 0.503. The highest BCUT2D eigenvalue weighted by Gasteiger charge is 2.20. The average Bonchev–Trinajstić information content (AvgIpc) is 2.78. The van der Waals surface area contributed by atoms with Gasteiger partial charge in [-0.3, -0.25) is 14.3 Å². The van der Waals surface area contributed by atoms with Crippen LogP contribution in [0.4, 0.5) is 14.7 Å². The Morgan fingerprint density at radius 2 is 1.77 bits per heavy atom. The smallest absolute Gasteiger partial charge is 0.263 e. The Hall–Kier alpha value is -3.87. The summed E-state index contributed by atoms with van der Waals surface area (Å²) < 4.78 is 29.3. The Morgan fingerprint density at radius 1 is 1.00 bits per heavy atom. The lowest BCUT2D eigenvalue weighted by molar-refractivity contribution is 0.625. The molecule has 0 saturated carbocycles. The van der Waals surface area contributed by atoms with E-state index >= 15 is 0 Å². The maximum Gasteiger partial charge on any atom is 0.263 e. The van der Waals surface area contributed by atoms with Crippen LogP contribution in [0.1, 0.15) is 5.56 Å². The minimum absolute atomic E-state index is 0.183. The summed E-state index contributed by atoms with van der Waals surface area (Å²) in [5.74, 6) is -0.450. The van der Waals surface area contributed by atoms with E-state index in [9.17, 15) is 13.6 Å². The van der Waals surface area contributed by atoms with Crippen molar-refractivity contribution in [3.05, 3.63) is 101 Å². The molecular formula is C24H20F2N4O. The Labute approximate surface area is 178 Å². The first-order valence-electron chi connectivity index (χ1n) is 9.79. The molecule has 5 nitrogen and oxygen atoms in total. The van der Waals surface area contributed by atoms with E-state index in [0.717, 1.165) is 5.56 Å². The minimum Gasteiger partial charge on any atom is -0.355 e. The molecule has 4 rings (SSSR count). The third-order valence-corrected chi connectivity index (χ3v) is 4.97. The van der Waals surface area contributed by atoms with Crippen LogP contribution in [0.2, 0.25) is 0 Å². The number of rotatable bonds is 6. The molecular weight excluding hydrogens is 398 g/mol. The van der Waals surface area contributed by atoms with Crippen LogP contribution in [0.15, 0.2) is 77.9 Å². The van der Waals surface area contributed by atoms with Crippen LogP contribution in [-0.4, -0.2) is 21.1 Å². The van der Waals surface area contributed by atoms with Gasteiger partial charge in [-0.05, 0) is 42.3 Å². The molecule has 0 radical (unpaired) electrons. The van der Waals surface area contributed by atoms with Gasteiger partial charge in [0.1, 0.15) is 11.6 Å². The fourth-order valence-corrected chi connectivity index (χ4v) is 3.40.